The molecule has 1 fully saturated rings. The first-order valence-electron chi connectivity index (χ1n) is 11.2. The first-order chi connectivity index (χ1) is 13.7. The maximum atomic E-state index is 12.4. The highest BCUT2D eigenvalue weighted by molar-refractivity contribution is 5.72. The molecule has 0 saturated heterocycles. The van der Waals surface area contributed by atoms with Gasteiger partial charge in [0.15, 0.2) is 0 Å². The molecule has 29 heavy (non-hydrogen) atoms. The van der Waals surface area contributed by atoms with Crippen molar-refractivity contribution in [2.45, 2.75) is 90.4 Å². The standard InChI is InChI=1S/C23H38O6/c1-4-14(2)23(28)29-20-7-5-6-16-9-8-15(3)19(22(16)20)11-10-17(24)12-18(25)13-21(26)27/h8-9,14-20,22,24-25H,4-7,10-13H2,1-3H3,(H,26,27)/t14-,15+,16-,17-,18-,19+,20+,22+/m0/s1. The normalized spacial score (nSPS) is 32.1. The van der Waals surface area contributed by atoms with Crippen molar-refractivity contribution in [2.24, 2.45) is 29.6 Å². The monoisotopic (exact) mass is 410 g/mol. The number of fused-ring (bicyclic) bond motifs is 1. The van der Waals surface area contributed by atoms with E-state index in [-0.39, 0.29) is 36.8 Å². The number of aliphatic hydroxyl groups is 2. The summed E-state index contributed by atoms with van der Waals surface area (Å²) in [7, 11) is 0. The quantitative estimate of drug-likeness (QED) is 0.376. The lowest BCUT2D eigenvalue weighted by atomic mass is 9.62. The van der Waals surface area contributed by atoms with Gasteiger partial charge in [0.2, 0.25) is 0 Å². The molecule has 0 amide bonds. The number of rotatable bonds is 10. The van der Waals surface area contributed by atoms with Crippen molar-refractivity contribution in [3.05, 3.63) is 12.2 Å². The van der Waals surface area contributed by atoms with E-state index in [9.17, 15) is 19.8 Å². The maximum Gasteiger partial charge on any atom is 0.308 e. The average molecular weight is 411 g/mol. The number of aliphatic hydroxyl groups excluding tert-OH is 2. The second kappa shape index (κ2) is 11.1. The second-order valence-corrected chi connectivity index (χ2v) is 9.08. The van der Waals surface area contributed by atoms with Gasteiger partial charge in [-0.3, -0.25) is 9.59 Å². The van der Waals surface area contributed by atoms with E-state index in [1.165, 1.54) is 0 Å². The van der Waals surface area contributed by atoms with E-state index >= 15 is 0 Å². The van der Waals surface area contributed by atoms with Crippen LogP contribution in [0, 0.1) is 29.6 Å². The van der Waals surface area contributed by atoms with Crippen molar-refractivity contribution in [3.63, 3.8) is 0 Å². The van der Waals surface area contributed by atoms with Crippen LogP contribution in [0.25, 0.3) is 0 Å². The maximum absolute atomic E-state index is 12.4. The predicted octanol–water partition coefficient (Wildman–Crippen LogP) is 3.55. The van der Waals surface area contributed by atoms with E-state index in [1.807, 2.05) is 13.8 Å². The number of allylic oxidation sites excluding steroid dienone is 2. The van der Waals surface area contributed by atoms with Crippen molar-refractivity contribution >= 4 is 11.9 Å². The van der Waals surface area contributed by atoms with Crippen LogP contribution in [0.2, 0.25) is 0 Å². The van der Waals surface area contributed by atoms with E-state index in [1.54, 1.807) is 0 Å². The Balaban J connectivity index is 2.01. The minimum Gasteiger partial charge on any atom is -0.481 e. The van der Waals surface area contributed by atoms with Crippen molar-refractivity contribution in [1.29, 1.82) is 0 Å². The van der Waals surface area contributed by atoms with E-state index in [0.29, 0.717) is 24.2 Å². The smallest absolute Gasteiger partial charge is 0.308 e. The molecule has 2 aliphatic rings. The Morgan fingerprint density at radius 2 is 1.90 bits per heavy atom. The Bertz CT molecular complexity index is 574. The van der Waals surface area contributed by atoms with Crippen LogP contribution in [-0.2, 0) is 14.3 Å². The molecule has 0 heterocycles. The van der Waals surface area contributed by atoms with E-state index in [0.717, 1.165) is 32.1 Å². The molecular formula is C23H38O6. The molecule has 6 nitrogen and oxygen atoms in total. The summed E-state index contributed by atoms with van der Waals surface area (Å²) in [5.41, 5.74) is 0. The van der Waals surface area contributed by atoms with Crippen LogP contribution in [0.3, 0.4) is 0 Å². The van der Waals surface area contributed by atoms with Crippen molar-refractivity contribution in [1.82, 2.24) is 0 Å². The molecule has 3 N–H and O–H groups in total. The van der Waals surface area contributed by atoms with Crippen molar-refractivity contribution in [2.75, 3.05) is 0 Å². The van der Waals surface area contributed by atoms with Gasteiger partial charge in [-0.05, 0) is 62.7 Å². The molecule has 0 radical (unpaired) electrons. The second-order valence-electron chi connectivity index (χ2n) is 9.08. The van der Waals surface area contributed by atoms with Gasteiger partial charge in [0, 0.05) is 5.92 Å². The molecule has 0 aliphatic heterocycles. The Morgan fingerprint density at radius 3 is 2.55 bits per heavy atom. The van der Waals surface area contributed by atoms with Crippen LogP contribution >= 0.6 is 0 Å². The molecule has 0 aromatic heterocycles. The summed E-state index contributed by atoms with van der Waals surface area (Å²) in [6, 6.07) is 0. The summed E-state index contributed by atoms with van der Waals surface area (Å²) in [5.74, 6) is 0.00883. The number of carboxylic acids is 1. The lowest BCUT2D eigenvalue weighted by Crippen LogP contribution is -2.44. The molecular weight excluding hydrogens is 372 g/mol. The Morgan fingerprint density at radius 1 is 1.17 bits per heavy atom. The third-order valence-corrected chi connectivity index (χ3v) is 6.85. The van der Waals surface area contributed by atoms with E-state index in [4.69, 9.17) is 9.84 Å². The molecule has 0 aromatic rings. The molecule has 2 aliphatic carbocycles. The molecule has 1 saturated carbocycles. The number of esters is 1. The summed E-state index contributed by atoms with van der Waals surface area (Å²) < 4.78 is 5.97. The highest BCUT2D eigenvalue weighted by Gasteiger charge is 2.43. The molecule has 0 bridgehead atoms. The highest BCUT2D eigenvalue weighted by atomic mass is 16.5. The zero-order valence-electron chi connectivity index (χ0n) is 18.0. The number of carbonyl (C=O) groups is 2. The summed E-state index contributed by atoms with van der Waals surface area (Å²) >= 11 is 0. The third kappa shape index (κ3) is 6.82. The molecule has 2 rings (SSSR count). The fraction of sp³-hybridized carbons (Fsp3) is 0.826. The minimum atomic E-state index is -1.06. The van der Waals surface area contributed by atoms with Gasteiger partial charge in [-0.25, -0.2) is 0 Å². The third-order valence-electron chi connectivity index (χ3n) is 6.85. The lowest BCUT2D eigenvalue weighted by Gasteiger charge is -2.46. The van der Waals surface area contributed by atoms with Gasteiger partial charge in [-0.15, -0.1) is 0 Å². The lowest BCUT2D eigenvalue weighted by molar-refractivity contribution is -0.162. The average Bonchev–Trinajstić information content (AvgIpc) is 2.66. The predicted molar refractivity (Wildman–Crippen MR) is 110 cm³/mol. The van der Waals surface area contributed by atoms with Crippen LogP contribution in [0.1, 0.15) is 72.1 Å². The number of carbonyl (C=O) groups excluding carboxylic acids is 1. The van der Waals surface area contributed by atoms with Crippen LogP contribution in [0.4, 0.5) is 0 Å². The van der Waals surface area contributed by atoms with Gasteiger partial charge in [0.25, 0.3) is 0 Å². The van der Waals surface area contributed by atoms with Gasteiger partial charge in [-0.1, -0.05) is 32.9 Å². The Labute approximate surface area is 174 Å². The zero-order valence-corrected chi connectivity index (χ0v) is 18.0. The molecule has 8 atom stereocenters. The van der Waals surface area contributed by atoms with E-state index in [2.05, 4.69) is 19.1 Å². The number of aliphatic carboxylic acids is 1. The van der Waals surface area contributed by atoms with E-state index < -0.39 is 18.2 Å². The largest absolute Gasteiger partial charge is 0.481 e. The van der Waals surface area contributed by atoms with Gasteiger partial charge >= 0.3 is 11.9 Å². The van der Waals surface area contributed by atoms with Gasteiger partial charge < -0.3 is 20.1 Å². The van der Waals surface area contributed by atoms with Crippen LogP contribution in [0.5, 0.6) is 0 Å². The fourth-order valence-electron chi connectivity index (χ4n) is 4.97. The van der Waals surface area contributed by atoms with Gasteiger partial charge in [-0.2, -0.15) is 0 Å². The SMILES string of the molecule is CC[C@H](C)C(=O)O[C@@H]1CCC[C@H]2C=C[C@@H](C)[C@@H](CC[C@H](O)C[C@H](O)CC(=O)O)[C@@H]21. The topological polar surface area (TPSA) is 104 Å². The van der Waals surface area contributed by atoms with Crippen molar-refractivity contribution < 1.29 is 29.6 Å². The first-order valence-corrected chi connectivity index (χ1v) is 11.2. The molecule has 6 heteroatoms. The molecule has 166 valence electrons. The number of hydrogen-bond donors (Lipinski definition) is 3. The first kappa shape index (κ1) is 23.9. The zero-order chi connectivity index (χ0) is 21.6. The van der Waals surface area contributed by atoms with Crippen LogP contribution in [0.15, 0.2) is 12.2 Å². The van der Waals surface area contributed by atoms with Gasteiger partial charge in [0.1, 0.15) is 6.10 Å². The fourth-order valence-corrected chi connectivity index (χ4v) is 4.97. The van der Waals surface area contributed by atoms with Gasteiger partial charge in [0.05, 0.1) is 24.5 Å². The number of ether oxygens (including phenoxy) is 1. The van der Waals surface area contributed by atoms with Crippen LogP contribution < -0.4 is 0 Å². The highest BCUT2D eigenvalue weighted by Crippen LogP contribution is 2.46. The minimum absolute atomic E-state index is 0.0732. The molecule has 0 unspecified atom stereocenters. The van der Waals surface area contributed by atoms with Crippen LogP contribution in [-0.4, -0.2) is 45.6 Å². The Kier molecular flexibility index (Phi) is 9.15. The van der Waals surface area contributed by atoms with Crippen molar-refractivity contribution in [3.8, 4) is 0 Å². The summed E-state index contributed by atoms with van der Waals surface area (Å²) in [6.45, 7) is 6.07. The number of hydrogen-bond acceptors (Lipinski definition) is 5. The molecule has 0 aromatic carbocycles. The summed E-state index contributed by atoms with van der Waals surface area (Å²) in [5, 5.41) is 28.8. The summed E-state index contributed by atoms with van der Waals surface area (Å²) in [6.07, 6.45) is 7.49. The Hall–Kier alpha value is -1.40. The molecule has 0 spiro atoms. The summed E-state index contributed by atoms with van der Waals surface area (Å²) in [4.78, 5) is 23.1. The number of carboxylic acid groups (broad SMARTS) is 1.